The predicted octanol–water partition coefficient (Wildman–Crippen LogP) is 12.1. The van der Waals surface area contributed by atoms with E-state index in [1.165, 1.54) is 33.4 Å². The smallest absolute Gasteiger partial charge is 0.0302 e. The predicted molar refractivity (Wildman–Crippen MR) is 185 cm³/mol. The number of hydrogen-bond acceptors (Lipinski definition) is 0. The van der Waals surface area contributed by atoms with Gasteiger partial charge < -0.3 is 0 Å². The van der Waals surface area contributed by atoms with Crippen molar-refractivity contribution in [2.75, 3.05) is 0 Å². The molecule has 1 atom stereocenters. The van der Waals surface area contributed by atoms with Crippen LogP contribution in [0.5, 0.6) is 0 Å². The maximum atomic E-state index is 4.10. The fourth-order valence-corrected chi connectivity index (χ4v) is 4.04. The van der Waals surface area contributed by atoms with Crippen LogP contribution in [0.1, 0.15) is 83.9 Å². The fraction of sp³-hybridized carbons (Fsp3) is 0.268. The average molecular weight is 543 g/mol. The highest BCUT2D eigenvalue weighted by Crippen LogP contribution is 2.26. The van der Waals surface area contributed by atoms with E-state index in [4.69, 9.17) is 0 Å². The van der Waals surface area contributed by atoms with Crippen LogP contribution in [0, 0.1) is 11.8 Å². The van der Waals surface area contributed by atoms with Crippen molar-refractivity contribution in [3.63, 3.8) is 0 Å². The van der Waals surface area contributed by atoms with Gasteiger partial charge in [0.15, 0.2) is 0 Å². The minimum absolute atomic E-state index is 0.283. The second kappa shape index (κ2) is 21.7. The summed E-state index contributed by atoms with van der Waals surface area (Å²) in [4.78, 5) is 0. The van der Waals surface area contributed by atoms with Gasteiger partial charge in [0.1, 0.15) is 0 Å². The third-order valence-corrected chi connectivity index (χ3v) is 6.54. The van der Waals surface area contributed by atoms with Crippen LogP contribution in [0.2, 0.25) is 0 Å². The van der Waals surface area contributed by atoms with E-state index in [0.717, 1.165) is 24.8 Å². The maximum Gasteiger partial charge on any atom is 0.0302 e. The lowest BCUT2D eigenvalue weighted by molar-refractivity contribution is 0.838. The normalized spacial score (nSPS) is 12.0. The molecule has 41 heavy (non-hydrogen) atoms. The summed E-state index contributed by atoms with van der Waals surface area (Å²) in [6.07, 6.45) is 17.2. The molecule has 0 heteroatoms. The molecule has 0 aliphatic carbocycles. The van der Waals surface area contributed by atoms with Gasteiger partial charge in [-0.3, -0.25) is 0 Å². The second-order valence-electron chi connectivity index (χ2n) is 9.31. The highest BCUT2D eigenvalue weighted by molar-refractivity contribution is 5.63. The zero-order chi connectivity index (χ0) is 30.3. The van der Waals surface area contributed by atoms with Gasteiger partial charge in [-0.25, -0.2) is 0 Å². The molecule has 0 heterocycles. The minimum atomic E-state index is 0.283. The largest absolute Gasteiger partial charge is 0.102 e. The van der Waals surface area contributed by atoms with Crippen LogP contribution in [0.15, 0.2) is 139 Å². The van der Waals surface area contributed by atoms with Crippen LogP contribution in [0.3, 0.4) is 0 Å². The molecule has 0 amide bonds. The van der Waals surface area contributed by atoms with Crippen molar-refractivity contribution < 1.29 is 0 Å². The SMILES string of the molecule is C=CC(Cc1ccc(C#CC/C(C)=C(\C)C\C=C/C=C\C=C\C)cc1)c1ccc(-c2ccccc2)cc1.CC.CC. The van der Waals surface area contributed by atoms with Crippen LogP contribution in [-0.4, -0.2) is 0 Å². The van der Waals surface area contributed by atoms with E-state index in [9.17, 15) is 0 Å². The van der Waals surface area contributed by atoms with Crippen LogP contribution in [0.25, 0.3) is 11.1 Å². The summed E-state index contributed by atoms with van der Waals surface area (Å²) in [5.74, 6) is 6.96. The number of benzene rings is 3. The van der Waals surface area contributed by atoms with Crippen molar-refractivity contribution >= 4 is 0 Å². The van der Waals surface area contributed by atoms with Gasteiger partial charge in [-0.2, -0.15) is 0 Å². The quantitative estimate of drug-likeness (QED) is 0.136. The van der Waals surface area contributed by atoms with E-state index >= 15 is 0 Å². The van der Waals surface area contributed by atoms with Gasteiger partial charge in [-0.05, 0) is 68.0 Å². The van der Waals surface area contributed by atoms with E-state index < -0.39 is 0 Å². The molecular formula is C41H50. The average Bonchev–Trinajstić information content (AvgIpc) is 3.04. The van der Waals surface area contributed by atoms with Crippen molar-refractivity contribution in [3.05, 3.63) is 156 Å². The molecule has 3 rings (SSSR count). The van der Waals surface area contributed by atoms with Gasteiger partial charge in [0.2, 0.25) is 0 Å². The third kappa shape index (κ3) is 13.2. The molecule has 214 valence electrons. The monoisotopic (exact) mass is 542 g/mol. The highest BCUT2D eigenvalue weighted by atomic mass is 14.1. The molecule has 0 N–H and O–H groups in total. The fourth-order valence-electron chi connectivity index (χ4n) is 4.04. The van der Waals surface area contributed by atoms with Crippen LogP contribution in [-0.2, 0) is 6.42 Å². The van der Waals surface area contributed by atoms with Crippen molar-refractivity contribution in [1.82, 2.24) is 0 Å². The van der Waals surface area contributed by atoms with Gasteiger partial charge in [-0.1, -0.05) is 160 Å². The van der Waals surface area contributed by atoms with Gasteiger partial charge in [-0.15, -0.1) is 6.58 Å². The molecule has 0 fully saturated rings. The first-order chi connectivity index (χ1) is 20.1. The molecule has 3 aromatic carbocycles. The zero-order valence-electron chi connectivity index (χ0n) is 26.5. The first-order valence-corrected chi connectivity index (χ1v) is 15.1. The lowest BCUT2D eigenvalue weighted by Gasteiger charge is -2.14. The lowest BCUT2D eigenvalue weighted by Crippen LogP contribution is -2.00. The Balaban J connectivity index is 0.00000201. The molecule has 0 spiro atoms. The van der Waals surface area contributed by atoms with Crippen molar-refractivity contribution in [2.45, 2.75) is 73.6 Å². The second-order valence-corrected chi connectivity index (χ2v) is 9.31. The zero-order valence-corrected chi connectivity index (χ0v) is 26.5. The molecule has 0 aliphatic rings. The summed E-state index contributed by atoms with van der Waals surface area (Å²) in [7, 11) is 0. The Morgan fingerprint density at radius 3 is 1.95 bits per heavy atom. The summed E-state index contributed by atoms with van der Waals surface area (Å²) in [5, 5.41) is 0. The molecule has 0 aromatic heterocycles. The van der Waals surface area contributed by atoms with Crippen molar-refractivity contribution in [2.24, 2.45) is 0 Å². The molecule has 0 aliphatic heterocycles. The van der Waals surface area contributed by atoms with Crippen LogP contribution >= 0.6 is 0 Å². The number of hydrogen-bond donors (Lipinski definition) is 0. The van der Waals surface area contributed by atoms with E-state index in [-0.39, 0.29) is 5.92 Å². The van der Waals surface area contributed by atoms with E-state index in [0.29, 0.717) is 0 Å². The van der Waals surface area contributed by atoms with Gasteiger partial charge in [0.05, 0.1) is 0 Å². The summed E-state index contributed by atoms with van der Waals surface area (Å²) in [5.41, 5.74) is 8.86. The number of rotatable bonds is 10. The highest BCUT2D eigenvalue weighted by Gasteiger charge is 2.09. The topological polar surface area (TPSA) is 0 Å². The Morgan fingerprint density at radius 2 is 1.34 bits per heavy atom. The van der Waals surface area contributed by atoms with E-state index in [2.05, 4.69) is 129 Å². The summed E-state index contributed by atoms with van der Waals surface area (Å²) >= 11 is 0. The lowest BCUT2D eigenvalue weighted by atomic mass is 9.90. The van der Waals surface area contributed by atoms with Gasteiger partial charge >= 0.3 is 0 Å². The minimum Gasteiger partial charge on any atom is -0.102 e. The van der Waals surface area contributed by atoms with Gasteiger partial charge in [0.25, 0.3) is 0 Å². The summed E-state index contributed by atoms with van der Waals surface area (Å²) in [6.45, 7) is 18.5. The van der Waals surface area contributed by atoms with Crippen molar-refractivity contribution in [3.8, 4) is 23.0 Å². The molecule has 0 nitrogen and oxygen atoms in total. The van der Waals surface area contributed by atoms with E-state index in [1.807, 2.05) is 58.9 Å². The Kier molecular flexibility index (Phi) is 18.5. The first kappa shape index (κ1) is 34.9. The molecule has 0 bridgehead atoms. The van der Waals surface area contributed by atoms with Crippen LogP contribution in [0.4, 0.5) is 0 Å². The standard InChI is InChI=1S/C37H38.2C2H6/c1-5-7-8-9-10-12-16-30(3)31(4)17-15-18-32-21-23-33(24-22-32)29-34(6-2)36-25-27-37(28-26-36)35-19-13-11-14-20-35;2*1-2/h5-14,19-28,34H,2,16-17,29H2,1,3-4H3;2*1-2H3/b7-5+,9-8-,12-10-,31-30+;;. The van der Waals surface area contributed by atoms with Crippen LogP contribution < -0.4 is 0 Å². The molecule has 1 unspecified atom stereocenters. The Hall–Kier alpha value is -4.08. The molecule has 0 saturated heterocycles. The van der Waals surface area contributed by atoms with E-state index in [1.54, 1.807) is 0 Å². The summed E-state index contributed by atoms with van der Waals surface area (Å²) < 4.78 is 0. The molecular weight excluding hydrogens is 492 g/mol. The Morgan fingerprint density at radius 1 is 0.732 bits per heavy atom. The van der Waals surface area contributed by atoms with Gasteiger partial charge in [0, 0.05) is 17.9 Å². The Labute approximate surface area is 252 Å². The third-order valence-electron chi connectivity index (χ3n) is 6.54. The first-order valence-electron chi connectivity index (χ1n) is 15.1. The number of allylic oxidation sites excluding steroid dienone is 9. The maximum absolute atomic E-state index is 4.10. The molecule has 0 radical (unpaired) electrons. The molecule has 3 aromatic rings. The summed E-state index contributed by atoms with van der Waals surface area (Å²) in [6, 6.07) is 28.0. The van der Waals surface area contributed by atoms with Crippen molar-refractivity contribution in [1.29, 1.82) is 0 Å². The molecule has 0 saturated carbocycles. The Bertz CT molecular complexity index is 1300.